The van der Waals surface area contributed by atoms with Gasteiger partial charge in [0.15, 0.2) is 17.4 Å². The van der Waals surface area contributed by atoms with Crippen LogP contribution in [-0.2, 0) is 4.79 Å². The molecule has 1 aromatic rings. The molecular formula is C17H24F2N2O2. The Morgan fingerprint density at radius 3 is 2.39 bits per heavy atom. The number of benzene rings is 1. The Balaban J connectivity index is 2.45. The predicted molar refractivity (Wildman–Crippen MR) is 85.0 cm³/mol. The van der Waals surface area contributed by atoms with E-state index in [0.717, 1.165) is 12.1 Å². The molecule has 0 saturated carbocycles. The van der Waals surface area contributed by atoms with Gasteiger partial charge < -0.3 is 10.6 Å². The lowest BCUT2D eigenvalue weighted by Crippen LogP contribution is -2.34. The largest absolute Gasteiger partial charge is 0.346 e. The van der Waals surface area contributed by atoms with Gasteiger partial charge in [0.05, 0.1) is 0 Å². The van der Waals surface area contributed by atoms with E-state index < -0.39 is 11.6 Å². The summed E-state index contributed by atoms with van der Waals surface area (Å²) >= 11 is 0. The Bertz CT molecular complexity index is 562. The number of ketones is 1. The van der Waals surface area contributed by atoms with Crippen LogP contribution in [0.3, 0.4) is 0 Å². The first-order chi connectivity index (χ1) is 10.7. The monoisotopic (exact) mass is 326 g/mol. The van der Waals surface area contributed by atoms with Crippen molar-refractivity contribution in [1.29, 1.82) is 0 Å². The van der Waals surface area contributed by atoms with Crippen LogP contribution in [0.15, 0.2) is 18.2 Å². The molecule has 2 N–H and O–H groups in total. The van der Waals surface area contributed by atoms with Crippen LogP contribution in [0.2, 0.25) is 0 Å². The highest BCUT2D eigenvalue weighted by Gasteiger charge is 2.15. The van der Waals surface area contributed by atoms with Gasteiger partial charge in [-0.3, -0.25) is 9.59 Å². The second-order valence-corrected chi connectivity index (χ2v) is 6.06. The molecule has 0 bridgehead atoms. The van der Waals surface area contributed by atoms with Crippen LogP contribution in [0, 0.1) is 17.6 Å². The van der Waals surface area contributed by atoms with E-state index in [9.17, 15) is 18.4 Å². The van der Waals surface area contributed by atoms with Crippen LogP contribution in [0.1, 0.15) is 43.5 Å². The van der Waals surface area contributed by atoms with Crippen LogP contribution in [-0.4, -0.2) is 36.2 Å². The highest BCUT2D eigenvalue weighted by molar-refractivity contribution is 5.97. The zero-order valence-electron chi connectivity index (χ0n) is 13.8. The highest BCUT2D eigenvalue weighted by atomic mass is 19.2. The van der Waals surface area contributed by atoms with Crippen molar-refractivity contribution in [3.8, 4) is 0 Å². The molecule has 0 radical (unpaired) electrons. The first kappa shape index (κ1) is 19.2. The Morgan fingerprint density at radius 2 is 1.83 bits per heavy atom. The summed E-state index contributed by atoms with van der Waals surface area (Å²) in [4.78, 5) is 25.4. The third-order valence-corrected chi connectivity index (χ3v) is 3.89. The van der Waals surface area contributed by atoms with E-state index in [0.29, 0.717) is 18.9 Å². The maximum atomic E-state index is 13.1. The number of carbonyl (C=O) groups excluding carboxylic acids is 2. The van der Waals surface area contributed by atoms with Gasteiger partial charge in [0.1, 0.15) is 0 Å². The summed E-state index contributed by atoms with van der Waals surface area (Å²) in [5, 5.41) is 0. The second-order valence-electron chi connectivity index (χ2n) is 6.06. The fraction of sp³-hybridized carbons (Fsp3) is 0.529. The fourth-order valence-corrected chi connectivity index (χ4v) is 2.03. The third kappa shape index (κ3) is 6.06. The quantitative estimate of drug-likeness (QED) is 0.747. The Kier molecular flexibility index (Phi) is 7.29. The first-order valence-electron chi connectivity index (χ1n) is 7.70. The second kappa shape index (κ2) is 8.72. The molecular weight excluding hydrogens is 302 g/mol. The molecule has 0 saturated heterocycles. The summed E-state index contributed by atoms with van der Waals surface area (Å²) in [7, 11) is 1.66. The lowest BCUT2D eigenvalue weighted by molar-refractivity contribution is -0.129. The van der Waals surface area contributed by atoms with Crippen molar-refractivity contribution in [1.82, 2.24) is 4.90 Å². The van der Waals surface area contributed by atoms with Crippen LogP contribution in [0.5, 0.6) is 0 Å². The molecule has 1 aromatic carbocycles. The summed E-state index contributed by atoms with van der Waals surface area (Å²) in [6.07, 6.45) is 0.687. The van der Waals surface area contributed by atoms with Gasteiger partial charge in [-0.15, -0.1) is 0 Å². The van der Waals surface area contributed by atoms with Gasteiger partial charge in [-0.25, -0.2) is 8.78 Å². The SMILES string of the molecule is CC(C)C(N)CCN(C)C(=O)CCC(=O)c1ccc(F)c(F)c1. The van der Waals surface area contributed by atoms with Crippen LogP contribution in [0.4, 0.5) is 8.78 Å². The Labute approximate surface area is 135 Å². The third-order valence-electron chi connectivity index (χ3n) is 3.89. The van der Waals surface area contributed by atoms with Crippen molar-refractivity contribution in [2.75, 3.05) is 13.6 Å². The molecule has 6 heteroatoms. The van der Waals surface area contributed by atoms with Gasteiger partial charge >= 0.3 is 0 Å². The molecule has 4 nitrogen and oxygen atoms in total. The number of carbonyl (C=O) groups is 2. The van der Waals surface area contributed by atoms with Crippen molar-refractivity contribution in [2.24, 2.45) is 11.7 Å². The van der Waals surface area contributed by atoms with E-state index in [1.807, 2.05) is 13.8 Å². The number of hydrogen-bond donors (Lipinski definition) is 1. The average molecular weight is 326 g/mol. The first-order valence-corrected chi connectivity index (χ1v) is 7.70. The summed E-state index contributed by atoms with van der Waals surface area (Å²) in [5.41, 5.74) is 6.00. The molecule has 0 aliphatic heterocycles. The van der Waals surface area contributed by atoms with E-state index in [1.165, 1.54) is 6.07 Å². The van der Waals surface area contributed by atoms with Crippen LogP contribution in [0.25, 0.3) is 0 Å². The number of halogens is 2. The number of rotatable bonds is 8. The van der Waals surface area contributed by atoms with Crippen molar-refractivity contribution >= 4 is 11.7 Å². The lowest BCUT2D eigenvalue weighted by Gasteiger charge is -2.21. The number of amides is 1. The van der Waals surface area contributed by atoms with E-state index >= 15 is 0 Å². The maximum Gasteiger partial charge on any atom is 0.222 e. The number of nitrogens with two attached hydrogens (primary N) is 1. The number of hydrogen-bond acceptors (Lipinski definition) is 3. The molecule has 23 heavy (non-hydrogen) atoms. The normalized spacial score (nSPS) is 12.3. The molecule has 1 atom stereocenters. The van der Waals surface area contributed by atoms with E-state index in [4.69, 9.17) is 5.73 Å². The van der Waals surface area contributed by atoms with E-state index in [1.54, 1.807) is 11.9 Å². The number of nitrogens with zero attached hydrogens (tertiary/aromatic N) is 1. The molecule has 0 aliphatic rings. The fourth-order valence-electron chi connectivity index (χ4n) is 2.03. The summed E-state index contributed by atoms with van der Waals surface area (Å²) in [5.74, 6) is -2.28. The van der Waals surface area contributed by atoms with Crippen LogP contribution >= 0.6 is 0 Å². The molecule has 1 rings (SSSR count). The Morgan fingerprint density at radius 1 is 1.17 bits per heavy atom. The molecule has 1 unspecified atom stereocenters. The zero-order valence-corrected chi connectivity index (χ0v) is 13.8. The van der Waals surface area contributed by atoms with Crippen molar-refractivity contribution in [3.63, 3.8) is 0 Å². The number of Topliss-reactive ketones (excluding diaryl/α,β-unsaturated/α-hetero) is 1. The topological polar surface area (TPSA) is 63.4 Å². The molecule has 1 amide bonds. The van der Waals surface area contributed by atoms with Gasteiger partial charge in [0.2, 0.25) is 5.91 Å². The van der Waals surface area contributed by atoms with Crippen LogP contribution < -0.4 is 5.73 Å². The molecule has 0 spiro atoms. The average Bonchev–Trinajstić information content (AvgIpc) is 2.51. The van der Waals surface area contributed by atoms with Crippen molar-refractivity contribution in [2.45, 2.75) is 39.2 Å². The van der Waals surface area contributed by atoms with Gasteiger partial charge in [-0.05, 0) is 30.5 Å². The van der Waals surface area contributed by atoms with Gasteiger partial charge in [-0.2, -0.15) is 0 Å². The predicted octanol–water partition coefficient (Wildman–Crippen LogP) is 2.76. The van der Waals surface area contributed by atoms with Gasteiger partial charge in [0, 0.05) is 38.0 Å². The van der Waals surface area contributed by atoms with E-state index in [2.05, 4.69) is 0 Å². The maximum absolute atomic E-state index is 13.1. The molecule has 0 aliphatic carbocycles. The minimum Gasteiger partial charge on any atom is -0.346 e. The molecule has 0 fully saturated rings. The lowest BCUT2D eigenvalue weighted by atomic mass is 10.0. The summed E-state index contributed by atoms with van der Waals surface area (Å²) in [6.45, 7) is 4.57. The minimum atomic E-state index is -1.07. The Hall–Kier alpha value is -1.82. The molecule has 0 heterocycles. The van der Waals surface area contributed by atoms with Crippen molar-refractivity contribution in [3.05, 3.63) is 35.4 Å². The standard InChI is InChI=1S/C17H24F2N2O2/c1-11(2)15(20)8-9-21(3)17(23)7-6-16(22)12-4-5-13(18)14(19)10-12/h4-5,10-11,15H,6-9,20H2,1-3H3. The summed E-state index contributed by atoms with van der Waals surface area (Å²) < 4.78 is 25.9. The van der Waals surface area contributed by atoms with Gasteiger partial charge in [0.25, 0.3) is 0 Å². The molecule has 128 valence electrons. The summed E-state index contributed by atoms with van der Waals surface area (Å²) in [6, 6.07) is 3.00. The molecule has 0 aromatic heterocycles. The minimum absolute atomic E-state index is 0.0223. The van der Waals surface area contributed by atoms with E-state index in [-0.39, 0.29) is 36.1 Å². The van der Waals surface area contributed by atoms with Crippen molar-refractivity contribution < 1.29 is 18.4 Å². The van der Waals surface area contributed by atoms with Gasteiger partial charge in [-0.1, -0.05) is 13.8 Å². The smallest absolute Gasteiger partial charge is 0.222 e. The highest BCUT2D eigenvalue weighted by Crippen LogP contribution is 2.12. The zero-order chi connectivity index (χ0) is 17.6.